The molecule has 8 nitrogen and oxygen atoms in total. The number of tetrazole rings is 1. The third-order valence-electron chi connectivity index (χ3n) is 2.56. The highest BCUT2D eigenvalue weighted by molar-refractivity contribution is 6.02. The van der Waals surface area contributed by atoms with Crippen LogP contribution in [0.25, 0.3) is 0 Å². The van der Waals surface area contributed by atoms with Crippen molar-refractivity contribution in [2.45, 2.75) is 6.54 Å². The van der Waals surface area contributed by atoms with Gasteiger partial charge >= 0.3 is 0 Å². The molecular formula is C12H16N6O2. The van der Waals surface area contributed by atoms with Crippen LogP contribution in [0.5, 0.6) is 5.75 Å². The first kappa shape index (κ1) is 13.9. The first-order valence-corrected chi connectivity index (χ1v) is 5.96. The molecule has 0 aliphatic carbocycles. The third kappa shape index (κ3) is 3.29. The molecule has 0 aliphatic heterocycles. The van der Waals surface area contributed by atoms with Gasteiger partial charge in [0.25, 0.3) is 11.7 Å². The van der Waals surface area contributed by atoms with Gasteiger partial charge in [-0.1, -0.05) is 6.07 Å². The van der Waals surface area contributed by atoms with Crippen molar-refractivity contribution in [2.75, 3.05) is 26.5 Å². The van der Waals surface area contributed by atoms with E-state index < -0.39 is 5.91 Å². The maximum atomic E-state index is 11.9. The molecule has 2 aromatic rings. The van der Waals surface area contributed by atoms with Crippen molar-refractivity contribution in [3.63, 3.8) is 0 Å². The predicted molar refractivity (Wildman–Crippen MR) is 72.5 cm³/mol. The van der Waals surface area contributed by atoms with Gasteiger partial charge in [-0.3, -0.25) is 4.79 Å². The fraction of sp³-hybridized carbons (Fsp3) is 0.333. The minimum Gasteiger partial charge on any atom is -0.495 e. The summed E-state index contributed by atoms with van der Waals surface area (Å²) in [4.78, 5) is 13.9. The Balaban J connectivity index is 2.22. The minimum atomic E-state index is -0.445. The number of aromatic amines is 1. The van der Waals surface area contributed by atoms with Gasteiger partial charge < -0.3 is 15.0 Å². The van der Waals surface area contributed by atoms with E-state index in [4.69, 9.17) is 4.74 Å². The summed E-state index contributed by atoms with van der Waals surface area (Å²) >= 11 is 0. The predicted octanol–water partition coefficient (Wildman–Crippen LogP) is 0.522. The van der Waals surface area contributed by atoms with Gasteiger partial charge in [0.05, 0.1) is 12.8 Å². The average Bonchev–Trinajstić information content (AvgIpc) is 2.92. The molecule has 0 radical (unpaired) electrons. The van der Waals surface area contributed by atoms with Crippen LogP contribution in [0.3, 0.4) is 0 Å². The zero-order chi connectivity index (χ0) is 14.5. The quantitative estimate of drug-likeness (QED) is 0.826. The second-order valence-electron chi connectivity index (χ2n) is 4.46. The van der Waals surface area contributed by atoms with E-state index in [1.165, 1.54) is 0 Å². The number of nitrogens with zero attached hydrogens (tertiary/aromatic N) is 4. The molecule has 0 bridgehead atoms. The van der Waals surface area contributed by atoms with Crippen molar-refractivity contribution < 1.29 is 9.53 Å². The van der Waals surface area contributed by atoms with Gasteiger partial charge in [0.15, 0.2) is 0 Å². The molecule has 1 heterocycles. The summed E-state index contributed by atoms with van der Waals surface area (Å²) in [6.45, 7) is 0.759. The van der Waals surface area contributed by atoms with Crippen LogP contribution in [0.2, 0.25) is 0 Å². The Morgan fingerprint density at radius 3 is 2.85 bits per heavy atom. The standard InChI is InChI=1S/C12H16N6O2/c1-18(2)7-8-4-5-10(20-3)9(6-8)13-12(19)11-14-16-17-15-11/h4-6H,7H2,1-3H3,(H,13,19)(H,14,15,16,17). The molecule has 20 heavy (non-hydrogen) atoms. The first-order valence-electron chi connectivity index (χ1n) is 5.96. The number of carbonyl (C=O) groups is 1. The number of ether oxygens (including phenoxy) is 1. The van der Waals surface area contributed by atoms with Gasteiger partial charge in [0, 0.05) is 6.54 Å². The van der Waals surface area contributed by atoms with Gasteiger partial charge in [0.1, 0.15) is 5.75 Å². The number of amides is 1. The van der Waals surface area contributed by atoms with E-state index in [9.17, 15) is 4.79 Å². The lowest BCUT2D eigenvalue weighted by Crippen LogP contribution is -2.15. The Hall–Kier alpha value is -2.48. The lowest BCUT2D eigenvalue weighted by Gasteiger charge is -2.13. The Kier molecular flexibility index (Phi) is 4.26. The number of benzene rings is 1. The van der Waals surface area contributed by atoms with Crippen molar-refractivity contribution in [1.29, 1.82) is 0 Å². The van der Waals surface area contributed by atoms with Crippen molar-refractivity contribution in [3.05, 3.63) is 29.6 Å². The second-order valence-corrected chi connectivity index (χ2v) is 4.46. The number of hydrogen-bond donors (Lipinski definition) is 2. The number of rotatable bonds is 5. The molecule has 0 atom stereocenters. The number of carbonyl (C=O) groups excluding carboxylic acids is 1. The highest BCUT2D eigenvalue weighted by Crippen LogP contribution is 2.26. The minimum absolute atomic E-state index is 0.0231. The Morgan fingerprint density at radius 1 is 1.45 bits per heavy atom. The summed E-state index contributed by atoms with van der Waals surface area (Å²) in [7, 11) is 5.49. The molecular weight excluding hydrogens is 260 g/mol. The average molecular weight is 276 g/mol. The Labute approximate surface area is 116 Å². The zero-order valence-electron chi connectivity index (χ0n) is 11.5. The molecule has 0 unspecified atom stereocenters. The summed E-state index contributed by atoms with van der Waals surface area (Å²) in [5, 5.41) is 15.6. The van der Waals surface area contributed by atoms with Crippen LogP contribution in [0, 0.1) is 0 Å². The molecule has 0 fully saturated rings. The van der Waals surface area contributed by atoms with E-state index in [0.717, 1.165) is 12.1 Å². The molecule has 0 spiro atoms. The highest BCUT2D eigenvalue weighted by Gasteiger charge is 2.14. The molecule has 1 aromatic heterocycles. The van der Waals surface area contributed by atoms with E-state index >= 15 is 0 Å². The second kappa shape index (κ2) is 6.11. The molecule has 2 N–H and O–H groups in total. The molecule has 0 saturated carbocycles. The van der Waals surface area contributed by atoms with Crippen LogP contribution in [0.4, 0.5) is 5.69 Å². The number of anilines is 1. The van der Waals surface area contributed by atoms with Gasteiger partial charge in [-0.15, -0.1) is 10.2 Å². The Morgan fingerprint density at radius 2 is 2.25 bits per heavy atom. The van der Waals surface area contributed by atoms with Crippen molar-refractivity contribution in [3.8, 4) is 5.75 Å². The van der Waals surface area contributed by atoms with Crippen LogP contribution in [0.1, 0.15) is 16.2 Å². The number of aromatic nitrogens is 4. The van der Waals surface area contributed by atoms with E-state index in [1.807, 2.05) is 37.2 Å². The van der Waals surface area contributed by atoms with Gasteiger partial charge in [-0.25, -0.2) is 0 Å². The number of H-pyrrole nitrogens is 1. The van der Waals surface area contributed by atoms with Gasteiger partial charge in [0.2, 0.25) is 0 Å². The molecule has 0 saturated heterocycles. The SMILES string of the molecule is COc1ccc(CN(C)C)cc1NC(=O)c1nn[nH]n1. The van der Waals surface area contributed by atoms with Crippen LogP contribution in [0.15, 0.2) is 18.2 Å². The topological polar surface area (TPSA) is 96.0 Å². The summed E-state index contributed by atoms with van der Waals surface area (Å²) in [6.07, 6.45) is 0. The summed E-state index contributed by atoms with van der Waals surface area (Å²) in [5.74, 6) is 0.105. The lowest BCUT2D eigenvalue weighted by molar-refractivity contribution is 0.101. The van der Waals surface area contributed by atoms with Crippen LogP contribution < -0.4 is 10.1 Å². The lowest BCUT2D eigenvalue weighted by atomic mass is 10.1. The summed E-state index contributed by atoms with van der Waals surface area (Å²) in [6, 6.07) is 5.62. The largest absolute Gasteiger partial charge is 0.495 e. The zero-order valence-corrected chi connectivity index (χ0v) is 11.5. The van der Waals surface area contributed by atoms with Crippen molar-refractivity contribution in [2.24, 2.45) is 0 Å². The monoisotopic (exact) mass is 276 g/mol. The number of methoxy groups -OCH3 is 1. The van der Waals surface area contributed by atoms with E-state index in [0.29, 0.717) is 11.4 Å². The highest BCUT2D eigenvalue weighted by atomic mass is 16.5. The molecule has 1 amide bonds. The molecule has 0 aliphatic rings. The fourth-order valence-corrected chi connectivity index (χ4v) is 1.75. The van der Waals surface area contributed by atoms with Gasteiger partial charge in [-0.05, 0) is 37.0 Å². The number of hydrogen-bond acceptors (Lipinski definition) is 6. The summed E-state index contributed by atoms with van der Waals surface area (Å²) < 4.78 is 5.23. The number of nitrogens with one attached hydrogen (secondary N) is 2. The van der Waals surface area contributed by atoms with Crippen LogP contribution in [-0.4, -0.2) is 52.6 Å². The normalized spacial score (nSPS) is 10.6. The Bertz CT molecular complexity index is 582. The maximum absolute atomic E-state index is 11.9. The molecule has 2 rings (SSSR count). The van der Waals surface area contributed by atoms with E-state index in [2.05, 4.69) is 25.9 Å². The summed E-state index contributed by atoms with van der Waals surface area (Å²) in [5.41, 5.74) is 1.63. The van der Waals surface area contributed by atoms with Crippen molar-refractivity contribution >= 4 is 11.6 Å². The smallest absolute Gasteiger partial charge is 0.297 e. The van der Waals surface area contributed by atoms with E-state index in [1.54, 1.807) is 7.11 Å². The molecule has 106 valence electrons. The third-order valence-corrected chi connectivity index (χ3v) is 2.56. The fourth-order valence-electron chi connectivity index (χ4n) is 1.75. The maximum Gasteiger partial charge on any atom is 0.297 e. The first-order chi connectivity index (χ1) is 9.60. The molecule has 1 aromatic carbocycles. The van der Waals surface area contributed by atoms with Crippen LogP contribution in [-0.2, 0) is 6.54 Å². The van der Waals surface area contributed by atoms with Crippen molar-refractivity contribution in [1.82, 2.24) is 25.5 Å². The van der Waals surface area contributed by atoms with E-state index in [-0.39, 0.29) is 5.82 Å². The molecule has 8 heteroatoms. The van der Waals surface area contributed by atoms with Gasteiger partial charge in [-0.2, -0.15) is 5.21 Å². The van der Waals surface area contributed by atoms with Crippen LogP contribution >= 0.6 is 0 Å².